The number of nitrogens with two attached hydrogens (primary N) is 1. The molecule has 1 unspecified atom stereocenters. The molecule has 0 bridgehead atoms. The summed E-state index contributed by atoms with van der Waals surface area (Å²) in [4.78, 5) is 0. The lowest BCUT2D eigenvalue weighted by Crippen LogP contribution is -2.10. The summed E-state index contributed by atoms with van der Waals surface area (Å²) in [6.07, 6.45) is 1.82. The molecular formula is C12H17N3O. The van der Waals surface area contributed by atoms with Crippen molar-refractivity contribution in [3.05, 3.63) is 29.8 Å². The van der Waals surface area contributed by atoms with Crippen LogP contribution in [-0.4, -0.2) is 19.4 Å². The second kappa shape index (κ2) is 4.99. The lowest BCUT2D eigenvalue weighted by molar-refractivity contribution is 0.414. The first-order valence-corrected chi connectivity index (χ1v) is 5.48. The number of benzene rings is 1. The molecule has 0 fully saturated rings. The molecule has 0 saturated carbocycles. The van der Waals surface area contributed by atoms with E-state index in [1.54, 1.807) is 7.11 Å². The van der Waals surface area contributed by atoms with E-state index in [0.717, 1.165) is 24.3 Å². The summed E-state index contributed by atoms with van der Waals surface area (Å²) >= 11 is 0. The third kappa shape index (κ3) is 2.33. The molecule has 3 N–H and O–H groups in total. The van der Waals surface area contributed by atoms with E-state index in [9.17, 15) is 0 Å². The molecule has 0 aromatic heterocycles. The Morgan fingerprint density at radius 3 is 2.81 bits per heavy atom. The Kier molecular flexibility index (Phi) is 3.41. The summed E-state index contributed by atoms with van der Waals surface area (Å²) < 4.78 is 5.13. The number of hydrogen-bond acceptors (Lipinski definition) is 4. The highest BCUT2D eigenvalue weighted by molar-refractivity contribution is 5.86. The second-order valence-corrected chi connectivity index (χ2v) is 3.88. The van der Waals surface area contributed by atoms with Gasteiger partial charge in [0.15, 0.2) is 0 Å². The molecule has 1 aliphatic heterocycles. The number of rotatable bonds is 4. The SMILES string of the molecule is COc1ccc(C2CC(CCN)=NN2)cc1. The van der Waals surface area contributed by atoms with E-state index >= 15 is 0 Å². The van der Waals surface area contributed by atoms with Gasteiger partial charge in [-0.25, -0.2) is 0 Å². The predicted octanol–water partition coefficient (Wildman–Crippen LogP) is 1.43. The molecule has 0 amide bonds. The fourth-order valence-electron chi connectivity index (χ4n) is 1.85. The molecule has 2 rings (SSSR count). The van der Waals surface area contributed by atoms with Crippen LogP contribution >= 0.6 is 0 Å². The van der Waals surface area contributed by atoms with Gasteiger partial charge in [0.25, 0.3) is 0 Å². The van der Waals surface area contributed by atoms with Crippen molar-refractivity contribution < 1.29 is 4.74 Å². The quantitative estimate of drug-likeness (QED) is 0.805. The predicted molar refractivity (Wildman–Crippen MR) is 64.6 cm³/mol. The Morgan fingerprint density at radius 2 is 2.19 bits per heavy atom. The molecule has 16 heavy (non-hydrogen) atoms. The molecule has 0 aliphatic carbocycles. The normalized spacial score (nSPS) is 19.1. The zero-order chi connectivity index (χ0) is 11.4. The smallest absolute Gasteiger partial charge is 0.118 e. The Morgan fingerprint density at radius 1 is 1.44 bits per heavy atom. The molecule has 4 nitrogen and oxygen atoms in total. The summed E-state index contributed by atoms with van der Waals surface area (Å²) in [6, 6.07) is 8.36. The molecule has 1 heterocycles. The Balaban J connectivity index is 1.99. The molecule has 0 spiro atoms. The van der Waals surface area contributed by atoms with Crippen LogP contribution in [0.3, 0.4) is 0 Å². The maximum absolute atomic E-state index is 5.51. The molecule has 0 radical (unpaired) electrons. The van der Waals surface area contributed by atoms with Crippen LogP contribution in [0, 0.1) is 0 Å². The zero-order valence-corrected chi connectivity index (χ0v) is 9.44. The van der Waals surface area contributed by atoms with Crippen LogP contribution in [0.2, 0.25) is 0 Å². The van der Waals surface area contributed by atoms with Crippen LogP contribution in [0.1, 0.15) is 24.4 Å². The number of nitrogens with zero attached hydrogens (tertiary/aromatic N) is 1. The number of hydrazone groups is 1. The van der Waals surface area contributed by atoms with Crippen LogP contribution in [0.15, 0.2) is 29.4 Å². The van der Waals surface area contributed by atoms with Crippen molar-refractivity contribution in [1.29, 1.82) is 0 Å². The Bertz CT molecular complexity index is 372. The van der Waals surface area contributed by atoms with E-state index in [0.29, 0.717) is 6.54 Å². The standard InChI is InChI=1S/C12H17N3O/c1-16-11-4-2-9(3-5-11)12-8-10(6-7-13)14-15-12/h2-5,12,15H,6-8,13H2,1H3. The second-order valence-electron chi connectivity index (χ2n) is 3.88. The number of nitrogens with one attached hydrogen (secondary N) is 1. The fraction of sp³-hybridized carbons (Fsp3) is 0.417. The first-order valence-electron chi connectivity index (χ1n) is 5.48. The van der Waals surface area contributed by atoms with Crippen LogP contribution in [0.25, 0.3) is 0 Å². The van der Waals surface area contributed by atoms with E-state index in [1.165, 1.54) is 5.56 Å². The van der Waals surface area contributed by atoms with Crippen molar-refractivity contribution in [2.75, 3.05) is 13.7 Å². The molecular weight excluding hydrogens is 202 g/mol. The molecule has 1 aliphatic rings. The van der Waals surface area contributed by atoms with E-state index in [2.05, 4.69) is 22.7 Å². The van der Waals surface area contributed by atoms with Crippen molar-refractivity contribution in [2.24, 2.45) is 10.8 Å². The van der Waals surface area contributed by atoms with Gasteiger partial charge in [-0.3, -0.25) is 0 Å². The average molecular weight is 219 g/mol. The van der Waals surface area contributed by atoms with Crippen LogP contribution in [-0.2, 0) is 0 Å². The van der Waals surface area contributed by atoms with E-state index in [-0.39, 0.29) is 6.04 Å². The van der Waals surface area contributed by atoms with E-state index < -0.39 is 0 Å². The largest absolute Gasteiger partial charge is 0.497 e. The van der Waals surface area contributed by atoms with Gasteiger partial charge in [0.05, 0.1) is 13.2 Å². The maximum Gasteiger partial charge on any atom is 0.118 e. The lowest BCUT2D eigenvalue weighted by Gasteiger charge is -2.10. The van der Waals surface area contributed by atoms with Gasteiger partial charge in [-0.15, -0.1) is 0 Å². The third-order valence-corrected chi connectivity index (χ3v) is 2.77. The van der Waals surface area contributed by atoms with Gasteiger partial charge in [-0.1, -0.05) is 12.1 Å². The minimum absolute atomic E-state index is 0.285. The summed E-state index contributed by atoms with van der Waals surface area (Å²) in [5.41, 5.74) is 11.0. The molecule has 1 atom stereocenters. The average Bonchev–Trinajstić information content (AvgIpc) is 2.78. The number of methoxy groups -OCH3 is 1. The van der Waals surface area contributed by atoms with Crippen molar-refractivity contribution in [1.82, 2.24) is 5.43 Å². The van der Waals surface area contributed by atoms with Crippen molar-refractivity contribution >= 4 is 5.71 Å². The highest BCUT2D eigenvalue weighted by atomic mass is 16.5. The van der Waals surface area contributed by atoms with Gasteiger partial charge in [0, 0.05) is 12.1 Å². The highest BCUT2D eigenvalue weighted by Gasteiger charge is 2.19. The molecule has 1 aromatic rings. The van der Waals surface area contributed by atoms with Gasteiger partial charge in [0.1, 0.15) is 5.75 Å². The minimum atomic E-state index is 0.285. The van der Waals surface area contributed by atoms with Gasteiger partial charge in [-0.05, 0) is 30.7 Å². The summed E-state index contributed by atoms with van der Waals surface area (Å²) in [5.74, 6) is 0.879. The maximum atomic E-state index is 5.51. The lowest BCUT2D eigenvalue weighted by atomic mass is 10.0. The van der Waals surface area contributed by atoms with Crippen molar-refractivity contribution in [3.63, 3.8) is 0 Å². The summed E-state index contributed by atoms with van der Waals surface area (Å²) in [7, 11) is 1.67. The Labute approximate surface area is 95.5 Å². The number of ether oxygens (including phenoxy) is 1. The fourth-order valence-corrected chi connectivity index (χ4v) is 1.85. The summed E-state index contributed by atoms with van der Waals surface area (Å²) in [6.45, 7) is 0.663. The monoisotopic (exact) mass is 219 g/mol. The van der Waals surface area contributed by atoms with Gasteiger partial charge in [-0.2, -0.15) is 5.10 Å². The van der Waals surface area contributed by atoms with Gasteiger partial charge < -0.3 is 15.9 Å². The third-order valence-electron chi connectivity index (χ3n) is 2.77. The van der Waals surface area contributed by atoms with Gasteiger partial charge >= 0.3 is 0 Å². The molecule has 0 saturated heterocycles. The van der Waals surface area contributed by atoms with E-state index in [1.807, 2.05) is 12.1 Å². The van der Waals surface area contributed by atoms with Crippen molar-refractivity contribution in [2.45, 2.75) is 18.9 Å². The molecule has 1 aromatic carbocycles. The minimum Gasteiger partial charge on any atom is -0.497 e. The molecule has 86 valence electrons. The van der Waals surface area contributed by atoms with Crippen LogP contribution in [0.5, 0.6) is 5.75 Å². The Hall–Kier alpha value is -1.55. The summed E-state index contributed by atoms with van der Waals surface area (Å²) in [5, 5.41) is 4.28. The van der Waals surface area contributed by atoms with E-state index in [4.69, 9.17) is 10.5 Å². The van der Waals surface area contributed by atoms with Crippen LogP contribution < -0.4 is 15.9 Å². The first-order chi connectivity index (χ1) is 7.83. The van der Waals surface area contributed by atoms with Gasteiger partial charge in [0.2, 0.25) is 0 Å². The molecule has 4 heteroatoms. The number of hydrogen-bond donors (Lipinski definition) is 2. The highest BCUT2D eigenvalue weighted by Crippen LogP contribution is 2.24. The topological polar surface area (TPSA) is 59.6 Å². The first kappa shape index (κ1) is 11.0. The van der Waals surface area contributed by atoms with Crippen molar-refractivity contribution in [3.8, 4) is 5.75 Å². The van der Waals surface area contributed by atoms with Crippen LogP contribution in [0.4, 0.5) is 0 Å². The zero-order valence-electron chi connectivity index (χ0n) is 9.44.